The number of aromatic nitrogens is 4. The number of likely N-dealkylation sites (tertiary alicyclic amines) is 1. The monoisotopic (exact) mass is 401 g/mol. The van der Waals surface area contributed by atoms with Gasteiger partial charge in [-0.2, -0.15) is 5.10 Å². The first-order valence-electron chi connectivity index (χ1n) is 10.6. The Morgan fingerprint density at radius 1 is 1.31 bits per heavy atom. The van der Waals surface area contributed by atoms with Crippen molar-refractivity contribution in [2.45, 2.75) is 58.4 Å². The summed E-state index contributed by atoms with van der Waals surface area (Å²) >= 11 is 0. The van der Waals surface area contributed by atoms with Gasteiger partial charge in [-0.15, -0.1) is 0 Å². The molecule has 1 fully saturated rings. The van der Waals surface area contributed by atoms with Crippen LogP contribution in [-0.2, 0) is 16.1 Å². The van der Waals surface area contributed by atoms with Gasteiger partial charge in [-0.25, -0.2) is 9.67 Å². The summed E-state index contributed by atoms with van der Waals surface area (Å²) in [5, 5.41) is 4.66. The van der Waals surface area contributed by atoms with Crippen molar-refractivity contribution < 1.29 is 9.53 Å². The minimum atomic E-state index is -0.180. The molecule has 2 aromatic heterocycles. The van der Waals surface area contributed by atoms with Crippen molar-refractivity contribution in [1.29, 1.82) is 0 Å². The highest BCUT2D eigenvalue weighted by atomic mass is 16.5. The van der Waals surface area contributed by atoms with Crippen LogP contribution in [0.4, 0.5) is 0 Å². The highest BCUT2D eigenvalue weighted by Gasteiger charge is 2.26. The van der Waals surface area contributed by atoms with E-state index in [1.807, 2.05) is 16.5 Å². The van der Waals surface area contributed by atoms with Crippen molar-refractivity contribution in [3.63, 3.8) is 0 Å². The molecular formula is C21H31N5O3. The Balaban J connectivity index is 1.80. The first kappa shape index (κ1) is 21.2. The lowest BCUT2D eigenvalue weighted by molar-refractivity contribution is -0.135. The van der Waals surface area contributed by atoms with Crippen LogP contribution in [0.5, 0.6) is 0 Å². The molecule has 0 saturated carbocycles. The molecule has 3 heterocycles. The fourth-order valence-electron chi connectivity index (χ4n) is 3.72. The molecule has 158 valence electrons. The van der Waals surface area contributed by atoms with Gasteiger partial charge in [-0.1, -0.05) is 13.3 Å². The van der Waals surface area contributed by atoms with Crippen LogP contribution in [0, 0.1) is 0 Å². The number of ether oxygens (including phenoxy) is 1. The molecule has 0 radical (unpaired) electrons. The summed E-state index contributed by atoms with van der Waals surface area (Å²) in [5.41, 5.74) is 0.311. The van der Waals surface area contributed by atoms with Crippen LogP contribution in [0.2, 0.25) is 0 Å². The molecule has 0 bridgehead atoms. The molecule has 1 amide bonds. The molecule has 1 N–H and O–H groups in total. The van der Waals surface area contributed by atoms with Crippen LogP contribution in [-0.4, -0.2) is 56.9 Å². The number of carbonyl (C=O) groups excluding carboxylic acids is 1. The van der Waals surface area contributed by atoms with Crippen molar-refractivity contribution in [1.82, 2.24) is 24.6 Å². The van der Waals surface area contributed by atoms with E-state index in [0.717, 1.165) is 51.0 Å². The predicted molar refractivity (Wildman–Crippen MR) is 111 cm³/mol. The number of pyridine rings is 1. The van der Waals surface area contributed by atoms with Gasteiger partial charge in [0.15, 0.2) is 5.82 Å². The average molecular weight is 402 g/mol. The Labute approximate surface area is 171 Å². The topological polar surface area (TPSA) is 93.1 Å². The van der Waals surface area contributed by atoms with Gasteiger partial charge < -0.3 is 14.6 Å². The number of amides is 1. The highest BCUT2D eigenvalue weighted by molar-refractivity contribution is 5.77. The number of unbranched alkanes of at least 4 members (excludes halogenated alkanes) is 1. The quantitative estimate of drug-likeness (QED) is 0.734. The van der Waals surface area contributed by atoms with E-state index in [2.05, 4.69) is 17.0 Å². The Morgan fingerprint density at radius 2 is 2.17 bits per heavy atom. The van der Waals surface area contributed by atoms with Crippen LogP contribution in [0.1, 0.15) is 57.7 Å². The molecule has 29 heavy (non-hydrogen) atoms. The zero-order chi connectivity index (χ0) is 20.6. The van der Waals surface area contributed by atoms with Crippen LogP contribution in [0.25, 0.3) is 11.4 Å². The second-order valence-corrected chi connectivity index (χ2v) is 7.43. The molecule has 1 atom stereocenters. The largest absolute Gasteiger partial charge is 0.372 e. The predicted octanol–water partition coefficient (Wildman–Crippen LogP) is 2.57. The second-order valence-electron chi connectivity index (χ2n) is 7.43. The van der Waals surface area contributed by atoms with E-state index >= 15 is 0 Å². The summed E-state index contributed by atoms with van der Waals surface area (Å²) in [6.07, 6.45) is 6.39. The Hall–Kier alpha value is -2.48. The van der Waals surface area contributed by atoms with Gasteiger partial charge in [0.2, 0.25) is 5.91 Å². The molecule has 0 aliphatic carbocycles. The third kappa shape index (κ3) is 5.32. The number of hydrogen-bond acceptors (Lipinski definition) is 5. The van der Waals surface area contributed by atoms with Crippen LogP contribution >= 0.6 is 0 Å². The number of rotatable bonds is 8. The average Bonchev–Trinajstić information content (AvgIpc) is 2.99. The molecule has 1 unspecified atom stereocenters. The summed E-state index contributed by atoms with van der Waals surface area (Å²) in [6, 6.07) is 3.54. The molecular weight excluding hydrogens is 370 g/mol. The first-order chi connectivity index (χ1) is 14.1. The summed E-state index contributed by atoms with van der Waals surface area (Å²) in [5.74, 6) is 1.68. The maximum absolute atomic E-state index is 12.3. The van der Waals surface area contributed by atoms with E-state index in [0.29, 0.717) is 24.5 Å². The van der Waals surface area contributed by atoms with E-state index in [9.17, 15) is 9.59 Å². The number of nitrogens with one attached hydrogen (secondary N) is 1. The van der Waals surface area contributed by atoms with Crippen LogP contribution < -0.4 is 5.56 Å². The lowest BCUT2D eigenvalue weighted by Gasteiger charge is -2.20. The molecule has 0 spiro atoms. The van der Waals surface area contributed by atoms with Crippen molar-refractivity contribution in [3.8, 4) is 11.4 Å². The summed E-state index contributed by atoms with van der Waals surface area (Å²) in [4.78, 5) is 33.9. The van der Waals surface area contributed by atoms with Gasteiger partial charge in [0, 0.05) is 38.4 Å². The Bertz CT molecular complexity index is 860. The fourth-order valence-corrected chi connectivity index (χ4v) is 3.72. The number of nitrogens with zero attached hydrogens (tertiary/aromatic N) is 4. The number of H-pyrrole nitrogens is 1. The third-order valence-electron chi connectivity index (χ3n) is 5.36. The third-order valence-corrected chi connectivity index (χ3v) is 5.36. The van der Waals surface area contributed by atoms with E-state index in [4.69, 9.17) is 9.72 Å². The van der Waals surface area contributed by atoms with Crippen molar-refractivity contribution in [3.05, 3.63) is 34.5 Å². The molecule has 8 heteroatoms. The van der Waals surface area contributed by atoms with Crippen molar-refractivity contribution in [2.24, 2.45) is 0 Å². The molecule has 8 nitrogen and oxygen atoms in total. The van der Waals surface area contributed by atoms with Gasteiger partial charge in [-0.3, -0.25) is 9.59 Å². The summed E-state index contributed by atoms with van der Waals surface area (Å²) in [6.45, 7) is 6.96. The number of carbonyl (C=O) groups is 1. The normalized spacial score (nSPS) is 17.3. The van der Waals surface area contributed by atoms with Crippen molar-refractivity contribution in [2.75, 3.05) is 26.3 Å². The zero-order valence-electron chi connectivity index (χ0n) is 17.4. The van der Waals surface area contributed by atoms with Crippen molar-refractivity contribution >= 4 is 5.91 Å². The minimum absolute atomic E-state index is 0.0523. The minimum Gasteiger partial charge on any atom is -0.372 e. The lowest BCUT2D eigenvalue weighted by atomic mass is 10.00. The molecule has 1 saturated heterocycles. The molecule has 1 aliphatic rings. The smallest absolute Gasteiger partial charge is 0.259 e. The lowest BCUT2D eigenvalue weighted by Crippen LogP contribution is -2.34. The standard InChI is InChI=1S/C21H31N5O3/c1-3-5-13-26-20(23-19(24-26)17-9-6-11-22-21(17)28)16-8-7-12-25(14-10-16)18(27)15-29-4-2/h6,9,11,16H,3-5,7-8,10,12-15H2,1-2H3,(H,22,28). The number of hydrogen-bond donors (Lipinski definition) is 1. The number of aromatic amines is 1. The van der Waals surface area contributed by atoms with Crippen LogP contribution in [0.3, 0.4) is 0 Å². The first-order valence-corrected chi connectivity index (χ1v) is 10.6. The SMILES string of the molecule is CCCCn1nc(-c2ccc[nH]c2=O)nc1C1CCCN(C(=O)COCC)CC1. The van der Waals surface area contributed by atoms with E-state index < -0.39 is 0 Å². The van der Waals surface area contributed by atoms with E-state index in [-0.39, 0.29) is 24.0 Å². The maximum Gasteiger partial charge on any atom is 0.259 e. The van der Waals surface area contributed by atoms with E-state index in [1.165, 1.54) is 0 Å². The molecule has 2 aromatic rings. The summed E-state index contributed by atoms with van der Waals surface area (Å²) in [7, 11) is 0. The summed E-state index contributed by atoms with van der Waals surface area (Å²) < 4.78 is 7.24. The second kappa shape index (κ2) is 10.3. The van der Waals surface area contributed by atoms with Gasteiger partial charge in [0.25, 0.3) is 5.56 Å². The Morgan fingerprint density at radius 3 is 2.93 bits per heavy atom. The highest BCUT2D eigenvalue weighted by Crippen LogP contribution is 2.28. The van der Waals surface area contributed by atoms with Crippen LogP contribution in [0.15, 0.2) is 23.1 Å². The molecule has 1 aliphatic heterocycles. The van der Waals surface area contributed by atoms with E-state index in [1.54, 1.807) is 18.3 Å². The van der Waals surface area contributed by atoms with Gasteiger partial charge in [-0.05, 0) is 44.7 Å². The Kier molecular flexibility index (Phi) is 7.57. The number of aryl methyl sites for hydroxylation is 1. The molecule has 0 aromatic carbocycles. The van der Waals surface area contributed by atoms with Gasteiger partial charge in [0.05, 0.1) is 5.56 Å². The van der Waals surface area contributed by atoms with Gasteiger partial charge in [0.1, 0.15) is 12.4 Å². The maximum atomic E-state index is 12.3. The van der Waals surface area contributed by atoms with Gasteiger partial charge >= 0.3 is 0 Å². The molecule has 3 rings (SSSR count). The fraction of sp³-hybridized carbons (Fsp3) is 0.619. The zero-order valence-corrected chi connectivity index (χ0v) is 17.4.